The SMILES string of the molecule is COC(C)OC(C)c1ccc2ccccc2c1. The molecular weight excluding hydrogens is 212 g/mol. The first-order valence-corrected chi connectivity index (χ1v) is 5.87. The second-order valence-electron chi connectivity index (χ2n) is 4.19. The summed E-state index contributed by atoms with van der Waals surface area (Å²) in [7, 11) is 1.65. The molecule has 0 aliphatic heterocycles. The van der Waals surface area contributed by atoms with Crippen molar-refractivity contribution in [1.82, 2.24) is 0 Å². The van der Waals surface area contributed by atoms with E-state index in [0.717, 1.165) is 0 Å². The van der Waals surface area contributed by atoms with E-state index in [0.29, 0.717) is 0 Å². The van der Waals surface area contributed by atoms with E-state index >= 15 is 0 Å². The van der Waals surface area contributed by atoms with Gasteiger partial charge in [0.2, 0.25) is 0 Å². The molecular formula is C15H18O2. The summed E-state index contributed by atoms with van der Waals surface area (Å²) in [6.07, 6.45) is -0.147. The van der Waals surface area contributed by atoms with Crippen LogP contribution in [0.1, 0.15) is 25.5 Å². The molecule has 2 aromatic carbocycles. The zero-order chi connectivity index (χ0) is 12.3. The predicted molar refractivity (Wildman–Crippen MR) is 69.9 cm³/mol. The van der Waals surface area contributed by atoms with Gasteiger partial charge in [0.25, 0.3) is 0 Å². The van der Waals surface area contributed by atoms with Gasteiger partial charge in [0.1, 0.15) is 0 Å². The van der Waals surface area contributed by atoms with E-state index in [1.54, 1.807) is 7.11 Å². The van der Waals surface area contributed by atoms with Crippen molar-refractivity contribution in [2.75, 3.05) is 7.11 Å². The third-order valence-electron chi connectivity index (χ3n) is 2.97. The minimum Gasteiger partial charge on any atom is -0.356 e. The molecule has 2 rings (SSSR count). The monoisotopic (exact) mass is 230 g/mol. The standard InChI is InChI=1S/C15H18O2/c1-11(17-12(2)16-3)14-9-8-13-6-4-5-7-15(13)10-14/h4-12H,1-3H3. The second kappa shape index (κ2) is 5.30. The summed E-state index contributed by atoms with van der Waals surface area (Å²) in [4.78, 5) is 0. The minimum absolute atomic E-state index is 0.0366. The Morgan fingerprint density at radius 3 is 2.35 bits per heavy atom. The molecule has 0 radical (unpaired) electrons. The normalized spacial score (nSPS) is 14.8. The van der Waals surface area contributed by atoms with Crippen molar-refractivity contribution in [3.05, 3.63) is 48.0 Å². The van der Waals surface area contributed by atoms with Crippen LogP contribution < -0.4 is 0 Å². The lowest BCUT2D eigenvalue weighted by atomic mass is 10.0. The predicted octanol–water partition coefficient (Wildman–Crippen LogP) is 3.91. The summed E-state index contributed by atoms with van der Waals surface area (Å²) in [5.41, 5.74) is 1.17. The van der Waals surface area contributed by atoms with E-state index < -0.39 is 0 Å². The van der Waals surface area contributed by atoms with Crippen molar-refractivity contribution >= 4 is 10.8 Å². The molecule has 0 spiro atoms. The number of hydrogen-bond acceptors (Lipinski definition) is 2. The number of rotatable bonds is 4. The molecule has 2 unspecified atom stereocenters. The van der Waals surface area contributed by atoms with Crippen molar-refractivity contribution in [2.24, 2.45) is 0 Å². The highest BCUT2D eigenvalue weighted by Crippen LogP contribution is 2.23. The number of methoxy groups -OCH3 is 1. The van der Waals surface area contributed by atoms with Gasteiger partial charge in [-0.2, -0.15) is 0 Å². The Hall–Kier alpha value is -1.38. The zero-order valence-electron chi connectivity index (χ0n) is 10.5. The van der Waals surface area contributed by atoms with E-state index in [1.807, 2.05) is 13.8 Å². The molecule has 90 valence electrons. The summed E-state index contributed by atoms with van der Waals surface area (Å²) in [5, 5.41) is 2.49. The average molecular weight is 230 g/mol. The van der Waals surface area contributed by atoms with Gasteiger partial charge in [-0.15, -0.1) is 0 Å². The first-order valence-electron chi connectivity index (χ1n) is 5.87. The molecule has 0 N–H and O–H groups in total. The van der Waals surface area contributed by atoms with Crippen LogP contribution in [0.15, 0.2) is 42.5 Å². The van der Waals surface area contributed by atoms with Crippen LogP contribution >= 0.6 is 0 Å². The van der Waals surface area contributed by atoms with Crippen molar-refractivity contribution in [3.8, 4) is 0 Å². The van der Waals surface area contributed by atoms with Crippen LogP contribution in [0.25, 0.3) is 10.8 Å². The fourth-order valence-electron chi connectivity index (χ4n) is 1.88. The zero-order valence-corrected chi connectivity index (χ0v) is 10.5. The highest BCUT2D eigenvalue weighted by molar-refractivity contribution is 5.83. The third kappa shape index (κ3) is 2.84. The van der Waals surface area contributed by atoms with Gasteiger partial charge < -0.3 is 9.47 Å². The third-order valence-corrected chi connectivity index (χ3v) is 2.97. The van der Waals surface area contributed by atoms with Crippen LogP contribution in [0.4, 0.5) is 0 Å². The Balaban J connectivity index is 2.23. The molecule has 0 heterocycles. The second-order valence-corrected chi connectivity index (χ2v) is 4.19. The van der Waals surface area contributed by atoms with E-state index in [1.165, 1.54) is 16.3 Å². The van der Waals surface area contributed by atoms with Gasteiger partial charge in [-0.1, -0.05) is 36.4 Å². The summed E-state index contributed by atoms with van der Waals surface area (Å²) >= 11 is 0. The first-order chi connectivity index (χ1) is 8.20. The van der Waals surface area contributed by atoms with E-state index in [2.05, 4.69) is 42.5 Å². The van der Waals surface area contributed by atoms with Gasteiger partial charge in [-0.25, -0.2) is 0 Å². The van der Waals surface area contributed by atoms with Gasteiger partial charge in [0, 0.05) is 7.11 Å². The van der Waals surface area contributed by atoms with Crippen molar-refractivity contribution in [2.45, 2.75) is 26.2 Å². The summed E-state index contributed by atoms with van der Waals surface area (Å²) in [6, 6.07) is 14.7. The highest BCUT2D eigenvalue weighted by atomic mass is 16.7. The summed E-state index contributed by atoms with van der Waals surface area (Å²) in [5.74, 6) is 0. The van der Waals surface area contributed by atoms with Crippen LogP contribution in [0.5, 0.6) is 0 Å². The Bertz CT molecular complexity index is 493. The lowest BCUT2D eigenvalue weighted by Gasteiger charge is -2.18. The maximum atomic E-state index is 5.71. The van der Waals surface area contributed by atoms with Crippen molar-refractivity contribution in [1.29, 1.82) is 0 Å². The number of benzene rings is 2. The van der Waals surface area contributed by atoms with Crippen LogP contribution in [0.3, 0.4) is 0 Å². The lowest BCUT2D eigenvalue weighted by Crippen LogP contribution is -2.13. The van der Waals surface area contributed by atoms with E-state index in [-0.39, 0.29) is 12.4 Å². The molecule has 2 atom stereocenters. The molecule has 0 aliphatic rings. The topological polar surface area (TPSA) is 18.5 Å². The fourth-order valence-corrected chi connectivity index (χ4v) is 1.88. The molecule has 0 saturated heterocycles. The van der Waals surface area contributed by atoms with E-state index in [4.69, 9.17) is 9.47 Å². The number of ether oxygens (including phenoxy) is 2. The van der Waals surface area contributed by atoms with Crippen LogP contribution in [-0.4, -0.2) is 13.4 Å². The van der Waals surface area contributed by atoms with Gasteiger partial charge in [-0.3, -0.25) is 0 Å². The van der Waals surface area contributed by atoms with Gasteiger partial charge in [-0.05, 0) is 36.2 Å². The largest absolute Gasteiger partial charge is 0.356 e. The fraction of sp³-hybridized carbons (Fsp3) is 0.333. The maximum absolute atomic E-state index is 5.71. The Labute approximate surface area is 102 Å². The maximum Gasteiger partial charge on any atom is 0.155 e. The quantitative estimate of drug-likeness (QED) is 0.741. The Morgan fingerprint density at radius 2 is 1.65 bits per heavy atom. The lowest BCUT2D eigenvalue weighted by molar-refractivity contribution is -0.140. The molecule has 0 aromatic heterocycles. The number of fused-ring (bicyclic) bond motifs is 1. The number of hydrogen-bond donors (Lipinski definition) is 0. The molecule has 0 saturated carbocycles. The Morgan fingerprint density at radius 1 is 0.941 bits per heavy atom. The van der Waals surface area contributed by atoms with Crippen LogP contribution in [0, 0.1) is 0 Å². The average Bonchev–Trinajstić information content (AvgIpc) is 2.38. The molecule has 0 amide bonds. The highest BCUT2D eigenvalue weighted by Gasteiger charge is 2.10. The molecule has 2 aromatic rings. The smallest absolute Gasteiger partial charge is 0.155 e. The van der Waals surface area contributed by atoms with Gasteiger partial charge >= 0.3 is 0 Å². The Kier molecular flexibility index (Phi) is 3.77. The minimum atomic E-state index is -0.184. The van der Waals surface area contributed by atoms with Gasteiger partial charge in [0.05, 0.1) is 6.10 Å². The van der Waals surface area contributed by atoms with Crippen molar-refractivity contribution in [3.63, 3.8) is 0 Å². The van der Waals surface area contributed by atoms with E-state index in [9.17, 15) is 0 Å². The summed E-state index contributed by atoms with van der Waals surface area (Å²) < 4.78 is 10.8. The van der Waals surface area contributed by atoms with Crippen LogP contribution in [-0.2, 0) is 9.47 Å². The molecule has 0 bridgehead atoms. The molecule has 2 heteroatoms. The first kappa shape index (κ1) is 12.1. The molecule has 0 aliphatic carbocycles. The molecule has 0 fully saturated rings. The summed E-state index contributed by atoms with van der Waals surface area (Å²) in [6.45, 7) is 3.94. The molecule has 17 heavy (non-hydrogen) atoms. The van der Waals surface area contributed by atoms with Crippen molar-refractivity contribution < 1.29 is 9.47 Å². The van der Waals surface area contributed by atoms with Crippen LogP contribution in [0.2, 0.25) is 0 Å². The van der Waals surface area contributed by atoms with Gasteiger partial charge in [0.15, 0.2) is 6.29 Å². The molecule has 2 nitrogen and oxygen atoms in total.